The number of urea groups is 1. The Bertz CT molecular complexity index is 416. The number of carbonyl (C=O) groups excluding carboxylic acids is 1. The zero-order chi connectivity index (χ0) is 15.2. The average molecular weight is 283 g/mol. The number of fused-ring (bicyclic) bond motifs is 1. The first-order valence-corrected chi connectivity index (χ1v) is 7.21. The van der Waals surface area contributed by atoms with Crippen molar-refractivity contribution in [1.82, 2.24) is 14.7 Å². The first-order chi connectivity index (χ1) is 9.14. The quantitative estimate of drug-likeness (QED) is 0.823. The molecule has 2 aliphatic rings. The molecule has 0 aromatic carbocycles. The Kier molecular flexibility index (Phi) is 3.71. The maximum atomic E-state index is 12.5. The zero-order valence-electron chi connectivity index (χ0n) is 13.0. The number of hydrogen-bond acceptors (Lipinski definition) is 3. The van der Waals surface area contributed by atoms with Crippen LogP contribution in [0.5, 0.6) is 0 Å². The Morgan fingerprint density at radius 2 is 1.90 bits per heavy atom. The van der Waals surface area contributed by atoms with E-state index in [4.69, 9.17) is 0 Å². The molecule has 1 N–H and O–H groups in total. The van der Waals surface area contributed by atoms with Gasteiger partial charge in [-0.25, -0.2) is 4.79 Å². The minimum atomic E-state index is -0.836. The fourth-order valence-electron chi connectivity index (χ4n) is 3.22. The van der Waals surface area contributed by atoms with Crippen molar-refractivity contribution in [2.75, 3.05) is 19.6 Å². The van der Waals surface area contributed by atoms with Gasteiger partial charge in [0.2, 0.25) is 0 Å². The normalized spacial score (nSPS) is 28.2. The molecule has 0 saturated carbocycles. The van der Waals surface area contributed by atoms with E-state index in [0.29, 0.717) is 19.6 Å². The highest BCUT2D eigenvalue weighted by Crippen LogP contribution is 2.31. The standard InChI is InChI=1S/C14H25N3O3/c1-9(2)15-6-7-16-10(11(15)12(18)19)8-17(13(16)20)14(3,4)5/h9-11H,6-8H2,1-5H3,(H,18,19)/t10-,11?/m0/s1. The topological polar surface area (TPSA) is 64.1 Å². The van der Waals surface area contributed by atoms with Crippen molar-refractivity contribution in [3.05, 3.63) is 0 Å². The first kappa shape index (κ1) is 15.1. The van der Waals surface area contributed by atoms with Crippen LogP contribution in [0.1, 0.15) is 34.6 Å². The molecular formula is C14H25N3O3. The molecule has 0 aromatic heterocycles. The molecule has 0 radical (unpaired) electrons. The Balaban J connectivity index is 2.30. The van der Waals surface area contributed by atoms with E-state index in [0.717, 1.165) is 0 Å². The van der Waals surface area contributed by atoms with Gasteiger partial charge in [0.15, 0.2) is 0 Å². The van der Waals surface area contributed by atoms with Crippen LogP contribution in [0.25, 0.3) is 0 Å². The number of rotatable bonds is 2. The highest BCUT2D eigenvalue weighted by atomic mass is 16.4. The molecule has 2 aliphatic heterocycles. The molecule has 6 heteroatoms. The second-order valence-electron chi connectivity index (χ2n) is 6.94. The molecule has 0 spiro atoms. The lowest BCUT2D eigenvalue weighted by atomic mass is 10.00. The fraction of sp³-hybridized carbons (Fsp3) is 0.857. The Morgan fingerprint density at radius 3 is 2.35 bits per heavy atom. The number of nitrogens with zero attached hydrogens (tertiary/aromatic N) is 3. The van der Waals surface area contributed by atoms with Gasteiger partial charge in [-0.2, -0.15) is 0 Å². The summed E-state index contributed by atoms with van der Waals surface area (Å²) in [5, 5.41) is 9.58. The number of aliphatic carboxylic acids is 1. The smallest absolute Gasteiger partial charge is 0.323 e. The lowest BCUT2D eigenvalue weighted by molar-refractivity contribution is -0.148. The summed E-state index contributed by atoms with van der Waals surface area (Å²) < 4.78 is 0. The van der Waals surface area contributed by atoms with E-state index in [1.54, 1.807) is 9.80 Å². The average Bonchev–Trinajstić information content (AvgIpc) is 2.65. The maximum Gasteiger partial charge on any atom is 0.323 e. The summed E-state index contributed by atoms with van der Waals surface area (Å²) >= 11 is 0. The molecule has 1 unspecified atom stereocenters. The monoisotopic (exact) mass is 283 g/mol. The number of carboxylic acids is 1. The van der Waals surface area contributed by atoms with E-state index in [1.165, 1.54) is 0 Å². The first-order valence-electron chi connectivity index (χ1n) is 7.21. The second kappa shape index (κ2) is 4.91. The molecule has 2 heterocycles. The molecule has 2 saturated heterocycles. The molecule has 114 valence electrons. The van der Waals surface area contributed by atoms with Gasteiger partial charge < -0.3 is 14.9 Å². The number of carboxylic acid groups (broad SMARTS) is 1. The lowest BCUT2D eigenvalue weighted by Gasteiger charge is -2.43. The van der Waals surface area contributed by atoms with Crippen LogP contribution >= 0.6 is 0 Å². The third-order valence-electron chi connectivity index (χ3n) is 4.29. The molecule has 0 aliphatic carbocycles. The SMILES string of the molecule is CC(C)N1CCN2C(=O)N(C(C)(C)C)C[C@H]2C1C(=O)O. The van der Waals surface area contributed by atoms with Gasteiger partial charge in [-0.3, -0.25) is 9.69 Å². The summed E-state index contributed by atoms with van der Waals surface area (Å²) in [6, 6.07) is -0.732. The van der Waals surface area contributed by atoms with Gasteiger partial charge in [0, 0.05) is 31.2 Å². The van der Waals surface area contributed by atoms with Gasteiger partial charge in [0.25, 0.3) is 0 Å². The molecule has 2 rings (SSSR count). The molecule has 2 amide bonds. The summed E-state index contributed by atoms with van der Waals surface area (Å²) in [6.07, 6.45) is 0. The van der Waals surface area contributed by atoms with Crippen molar-refractivity contribution < 1.29 is 14.7 Å². The Hall–Kier alpha value is -1.30. The van der Waals surface area contributed by atoms with Crippen LogP contribution in [0.4, 0.5) is 4.79 Å². The van der Waals surface area contributed by atoms with Crippen molar-refractivity contribution in [3.8, 4) is 0 Å². The lowest BCUT2D eigenvalue weighted by Crippen LogP contribution is -2.63. The van der Waals surface area contributed by atoms with Gasteiger partial charge in [-0.05, 0) is 34.6 Å². The van der Waals surface area contributed by atoms with Gasteiger partial charge in [-0.1, -0.05) is 0 Å². The summed E-state index contributed by atoms with van der Waals surface area (Å²) in [5.74, 6) is -0.836. The van der Waals surface area contributed by atoms with Crippen molar-refractivity contribution >= 4 is 12.0 Å². The summed E-state index contributed by atoms with van der Waals surface area (Å²) in [6.45, 7) is 11.7. The minimum absolute atomic E-state index is 0.0304. The van der Waals surface area contributed by atoms with Gasteiger partial charge >= 0.3 is 12.0 Å². The molecule has 2 atom stereocenters. The van der Waals surface area contributed by atoms with Crippen LogP contribution in [0.2, 0.25) is 0 Å². The molecule has 6 nitrogen and oxygen atoms in total. The highest BCUT2D eigenvalue weighted by Gasteiger charge is 2.51. The third-order valence-corrected chi connectivity index (χ3v) is 4.29. The minimum Gasteiger partial charge on any atom is -0.480 e. The van der Waals surface area contributed by atoms with E-state index in [9.17, 15) is 14.7 Å². The van der Waals surface area contributed by atoms with Crippen LogP contribution in [0, 0.1) is 0 Å². The van der Waals surface area contributed by atoms with Gasteiger partial charge in [-0.15, -0.1) is 0 Å². The fourth-order valence-corrected chi connectivity index (χ4v) is 3.22. The van der Waals surface area contributed by atoms with E-state index in [1.807, 2.05) is 39.5 Å². The molecule has 20 heavy (non-hydrogen) atoms. The number of carbonyl (C=O) groups is 2. The van der Waals surface area contributed by atoms with Crippen molar-refractivity contribution in [3.63, 3.8) is 0 Å². The Labute approximate surface area is 120 Å². The van der Waals surface area contributed by atoms with E-state index < -0.39 is 12.0 Å². The predicted molar refractivity (Wildman–Crippen MR) is 75.6 cm³/mol. The number of hydrogen-bond donors (Lipinski definition) is 1. The van der Waals surface area contributed by atoms with Gasteiger partial charge in [0.1, 0.15) is 6.04 Å². The largest absolute Gasteiger partial charge is 0.480 e. The summed E-state index contributed by atoms with van der Waals surface area (Å²) in [7, 11) is 0. The van der Waals surface area contributed by atoms with Crippen LogP contribution in [0.3, 0.4) is 0 Å². The Morgan fingerprint density at radius 1 is 1.30 bits per heavy atom. The highest BCUT2D eigenvalue weighted by molar-refractivity contribution is 5.82. The summed E-state index contributed by atoms with van der Waals surface area (Å²) in [4.78, 5) is 29.7. The van der Waals surface area contributed by atoms with Crippen molar-refractivity contribution in [2.45, 2.75) is 58.3 Å². The van der Waals surface area contributed by atoms with Crippen LogP contribution in [0.15, 0.2) is 0 Å². The number of amides is 2. The maximum absolute atomic E-state index is 12.5. The van der Waals surface area contributed by atoms with Crippen LogP contribution in [-0.4, -0.2) is 75.1 Å². The van der Waals surface area contributed by atoms with E-state index in [-0.39, 0.29) is 23.7 Å². The predicted octanol–water partition coefficient (Wildman–Crippen LogP) is 1.07. The van der Waals surface area contributed by atoms with Gasteiger partial charge in [0.05, 0.1) is 6.04 Å². The van der Waals surface area contributed by atoms with Crippen molar-refractivity contribution in [1.29, 1.82) is 0 Å². The molecule has 2 fully saturated rings. The molecular weight excluding hydrogens is 258 g/mol. The second-order valence-corrected chi connectivity index (χ2v) is 6.94. The summed E-state index contributed by atoms with van der Waals surface area (Å²) in [5.41, 5.74) is -0.278. The van der Waals surface area contributed by atoms with E-state index in [2.05, 4.69) is 0 Å². The molecule has 0 aromatic rings. The zero-order valence-corrected chi connectivity index (χ0v) is 13.0. The van der Waals surface area contributed by atoms with E-state index >= 15 is 0 Å². The molecule has 0 bridgehead atoms. The third kappa shape index (κ3) is 2.37. The van der Waals surface area contributed by atoms with Crippen LogP contribution < -0.4 is 0 Å². The van der Waals surface area contributed by atoms with Crippen LogP contribution in [-0.2, 0) is 4.79 Å². The number of piperazine rings is 1. The van der Waals surface area contributed by atoms with Crippen molar-refractivity contribution in [2.24, 2.45) is 0 Å².